The van der Waals surface area contributed by atoms with Crippen LogP contribution in [0.1, 0.15) is 23.6 Å². The average Bonchev–Trinajstić information content (AvgIpc) is 2.77. The monoisotopic (exact) mass is 409 g/mol. The molecular formula is C23H23NO4S. The fraction of sp³-hybridized carbons (Fsp3) is 0.174. The molecule has 3 aromatic carbocycles. The highest BCUT2D eigenvalue weighted by Gasteiger charge is 2.20. The van der Waals surface area contributed by atoms with E-state index in [1.165, 1.54) is 19.2 Å². The van der Waals surface area contributed by atoms with Gasteiger partial charge >= 0.3 is 0 Å². The second-order valence-corrected chi connectivity index (χ2v) is 8.68. The van der Waals surface area contributed by atoms with Crippen LogP contribution in [0.3, 0.4) is 0 Å². The minimum atomic E-state index is -3.56. The molecule has 0 radical (unpaired) electrons. The van der Waals surface area contributed by atoms with Crippen LogP contribution < -0.4 is 10.1 Å². The molecule has 0 heterocycles. The molecule has 0 unspecified atom stereocenters. The van der Waals surface area contributed by atoms with Gasteiger partial charge in [0.2, 0.25) is 5.91 Å². The van der Waals surface area contributed by atoms with Crippen molar-refractivity contribution in [1.82, 2.24) is 5.32 Å². The number of carbonyl (C=O) groups excluding carboxylic acids is 1. The quantitative estimate of drug-likeness (QED) is 0.615. The van der Waals surface area contributed by atoms with Crippen LogP contribution in [0.2, 0.25) is 0 Å². The van der Waals surface area contributed by atoms with Gasteiger partial charge < -0.3 is 10.1 Å². The Morgan fingerprint density at radius 1 is 0.862 bits per heavy atom. The van der Waals surface area contributed by atoms with Crippen molar-refractivity contribution in [1.29, 1.82) is 0 Å². The van der Waals surface area contributed by atoms with Crippen LogP contribution in [-0.2, 0) is 14.6 Å². The Balaban J connectivity index is 1.70. The van der Waals surface area contributed by atoms with Crippen LogP contribution in [-0.4, -0.2) is 27.2 Å². The molecule has 0 fully saturated rings. The molecule has 0 saturated heterocycles. The topological polar surface area (TPSA) is 72.5 Å². The number of carbonyl (C=O) groups is 1. The van der Waals surface area contributed by atoms with Gasteiger partial charge in [0.05, 0.1) is 23.8 Å². The van der Waals surface area contributed by atoms with Gasteiger partial charge in [0.15, 0.2) is 9.84 Å². The predicted octanol–water partition coefficient (Wildman–Crippen LogP) is 3.76. The molecule has 1 N–H and O–H groups in total. The maximum atomic E-state index is 12.6. The summed E-state index contributed by atoms with van der Waals surface area (Å²) in [5.41, 5.74) is 1.87. The van der Waals surface area contributed by atoms with Crippen molar-refractivity contribution in [3.05, 3.63) is 96.1 Å². The van der Waals surface area contributed by atoms with E-state index in [1.807, 2.05) is 60.7 Å². The van der Waals surface area contributed by atoms with E-state index in [1.54, 1.807) is 12.1 Å². The maximum absolute atomic E-state index is 12.6. The minimum Gasteiger partial charge on any atom is -0.497 e. The van der Waals surface area contributed by atoms with Crippen molar-refractivity contribution in [2.24, 2.45) is 0 Å². The van der Waals surface area contributed by atoms with Crippen molar-refractivity contribution in [3.63, 3.8) is 0 Å². The number of ether oxygens (including phenoxy) is 1. The van der Waals surface area contributed by atoms with E-state index in [2.05, 4.69) is 5.32 Å². The van der Waals surface area contributed by atoms with Crippen LogP contribution in [0.5, 0.6) is 5.75 Å². The molecule has 29 heavy (non-hydrogen) atoms. The molecule has 3 rings (SSSR count). The first kappa shape index (κ1) is 20.6. The SMILES string of the molecule is COc1ccc(S(=O)(=O)CCC(=O)NC(c2ccccc2)c2ccccc2)cc1. The van der Waals surface area contributed by atoms with E-state index in [-0.39, 0.29) is 29.0 Å². The zero-order chi connectivity index (χ0) is 20.7. The Hall–Kier alpha value is -3.12. The fourth-order valence-electron chi connectivity index (χ4n) is 3.01. The van der Waals surface area contributed by atoms with Crippen LogP contribution in [0, 0.1) is 0 Å². The molecule has 0 aliphatic heterocycles. The van der Waals surface area contributed by atoms with Gasteiger partial charge in [-0.1, -0.05) is 60.7 Å². The normalized spacial score (nSPS) is 11.2. The first-order chi connectivity index (χ1) is 14.0. The van der Waals surface area contributed by atoms with Gasteiger partial charge in [-0.15, -0.1) is 0 Å². The number of benzene rings is 3. The third kappa shape index (κ3) is 5.45. The molecular weight excluding hydrogens is 386 g/mol. The van der Waals surface area contributed by atoms with Crippen LogP contribution in [0.25, 0.3) is 0 Å². The summed E-state index contributed by atoms with van der Waals surface area (Å²) in [4.78, 5) is 12.8. The summed E-state index contributed by atoms with van der Waals surface area (Å²) < 4.78 is 30.1. The van der Waals surface area contributed by atoms with Gasteiger partial charge in [-0.2, -0.15) is 0 Å². The lowest BCUT2D eigenvalue weighted by Gasteiger charge is -2.20. The number of hydrogen-bond acceptors (Lipinski definition) is 4. The van der Waals surface area contributed by atoms with Crippen LogP contribution in [0.4, 0.5) is 0 Å². The highest BCUT2D eigenvalue weighted by atomic mass is 32.2. The molecule has 0 atom stereocenters. The lowest BCUT2D eigenvalue weighted by atomic mass is 9.98. The molecule has 5 nitrogen and oxygen atoms in total. The Morgan fingerprint density at radius 2 is 1.38 bits per heavy atom. The van der Waals surface area contributed by atoms with Crippen molar-refractivity contribution in [3.8, 4) is 5.75 Å². The highest BCUT2D eigenvalue weighted by molar-refractivity contribution is 7.91. The van der Waals surface area contributed by atoms with Crippen molar-refractivity contribution in [2.45, 2.75) is 17.4 Å². The third-order valence-electron chi connectivity index (χ3n) is 4.59. The summed E-state index contributed by atoms with van der Waals surface area (Å²) in [7, 11) is -2.04. The third-order valence-corrected chi connectivity index (χ3v) is 6.32. The molecule has 0 saturated carbocycles. The Bertz CT molecular complexity index is 994. The first-order valence-electron chi connectivity index (χ1n) is 9.25. The second-order valence-electron chi connectivity index (χ2n) is 6.57. The summed E-state index contributed by atoms with van der Waals surface area (Å²) in [6.07, 6.45) is -0.121. The van der Waals surface area contributed by atoms with E-state index >= 15 is 0 Å². The lowest BCUT2D eigenvalue weighted by Crippen LogP contribution is -2.30. The predicted molar refractivity (Wildman–Crippen MR) is 113 cm³/mol. The summed E-state index contributed by atoms with van der Waals surface area (Å²) >= 11 is 0. The molecule has 0 aromatic heterocycles. The number of rotatable bonds is 8. The number of nitrogens with one attached hydrogen (secondary N) is 1. The number of sulfone groups is 1. The lowest BCUT2D eigenvalue weighted by molar-refractivity contribution is -0.121. The summed E-state index contributed by atoms with van der Waals surface area (Å²) in [5.74, 6) is -0.00313. The summed E-state index contributed by atoms with van der Waals surface area (Å²) in [6, 6.07) is 25.0. The summed E-state index contributed by atoms with van der Waals surface area (Å²) in [5, 5.41) is 2.97. The number of hydrogen-bond donors (Lipinski definition) is 1. The van der Waals surface area contributed by atoms with E-state index in [0.717, 1.165) is 11.1 Å². The van der Waals surface area contributed by atoms with Gasteiger partial charge in [-0.3, -0.25) is 4.79 Å². The summed E-state index contributed by atoms with van der Waals surface area (Å²) in [6.45, 7) is 0. The molecule has 6 heteroatoms. The molecule has 3 aromatic rings. The number of amides is 1. The Morgan fingerprint density at radius 3 is 1.86 bits per heavy atom. The Kier molecular flexibility index (Phi) is 6.67. The molecule has 0 spiro atoms. The van der Waals surface area contributed by atoms with Crippen LogP contribution in [0.15, 0.2) is 89.8 Å². The molecule has 0 bridgehead atoms. The fourth-order valence-corrected chi connectivity index (χ4v) is 4.25. The molecule has 150 valence electrons. The van der Waals surface area contributed by atoms with Gasteiger partial charge in [-0.25, -0.2) is 8.42 Å². The van der Waals surface area contributed by atoms with E-state index < -0.39 is 9.84 Å². The first-order valence-corrected chi connectivity index (χ1v) is 10.9. The standard InChI is InChI=1S/C23H23NO4S/c1-28-20-12-14-21(15-13-20)29(26,27)17-16-22(25)24-23(18-8-4-2-5-9-18)19-10-6-3-7-11-19/h2-15,23H,16-17H2,1H3,(H,24,25). The second kappa shape index (κ2) is 9.39. The maximum Gasteiger partial charge on any atom is 0.221 e. The molecule has 1 amide bonds. The van der Waals surface area contributed by atoms with Crippen molar-refractivity contribution >= 4 is 15.7 Å². The number of methoxy groups -OCH3 is 1. The van der Waals surface area contributed by atoms with Gasteiger partial charge in [-0.05, 0) is 35.4 Å². The molecule has 0 aliphatic rings. The smallest absolute Gasteiger partial charge is 0.221 e. The van der Waals surface area contributed by atoms with Gasteiger partial charge in [0.25, 0.3) is 0 Å². The molecule has 0 aliphatic carbocycles. The zero-order valence-corrected chi connectivity index (χ0v) is 16.9. The minimum absolute atomic E-state index is 0.121. The zero-order valence-electron chi connectivity index (χ0n) is 16.1. The van der Waals surface area contributed by atoms with E-state index in [4.69, 9.17) is 4.74 Å². The van der Waals surface area contributed by atoms with Gasteiger partial charge in [0, 0.05) is 6.42 Å². The van der Waals surface area contributed by atoms with E-state index in [9.17, 15) is 13.2 Å². The van der Waals surface area contributed by atoms with Crippen molar-refractivity contribution in [2.75, 3.05) is 12.9 Å². The largest absolute Gasteiger partial charge is 0.497 e. The van der Waals surface area contributed by atoms with Gasteiger partial charge in [0.1, 0.15) is 5.75 Å². The van der Waals surface area contributed by atoms with E-state index in [0.29, 0.717) is 5.75 Å². The average molecular weight is 410 g/mol. The highest BCUT2D eigenvalue weighted by Crippen LogP contribution is 2.22. The van der Waals surface area contributed by atoms with Crippen molar-refractivity contribution < 1.29 is 17.9 Å². The Labute approximate surface area is 171 Å². The van der Waals surface area contributed by atoms with Crippen LogP contribution >= 0.6 is 0 Å².